The van der Waals surface area contributed by atoms with Crippen LogP contribution in [-0.2, 0) is 10.0 Å². The van der Waals surface area contributed by atoms with Gasteiger partial charge < -0.3 is 9.47 Å². The maximum Gasteiger partial charge on any atom is 0.573 e. The minimum atomic E-state index is -4.85. The molecule has 0 fully saturated rings. The van der Waals surface area contributed by atoms with Crippen molar-refractivity contribution in [2.24, 2.45) is 0 Å². The molecule has 2 aromatic rings. The first-order valence-corrected chi connectivity index (χ1v) is 7.81. The lowest BCUT2D eigenvalue weighted by atomic mass is 10.3. The van der Waals surface area contributed by atoms with E-state index >= 15 is 0 Å². The van der Waals surface area contributed by atoms with Crippen molar-refractivity contribution in [2.75, 3.05) is 11.8 Å². The fourth-order valence-electron chi connectivity index (χ4n) is 1.75. The molecule has 0 aromatic heterocycles. The number of sulfonamides is 1. The van der Waals surface area contributed by atoms with Crippen LogP contribution in [0.2, 0.25) is 0 Å². The molecule has 0 saturated carbocycles. The van der Waals surface area contributed by atoms with Gasteiger partial charge in [0.15, 0.2) is 11.6 Å². The van der Waals surface area contributed by atoms with Gasteiger partial charge in [-0.1, -0.05) is 0 Å². The van der Waals surface area contributed by atoms with Crippen LogP contribution in [0.4, 0.5) is 23.2 Å². The van der Waals surface area contributed by atoms with Crippen LogP contribution < -0.4 is 14.2 Å². The molecule has 0 aliphatic rings. The van der Waals surface area contributed by atoms with Gasteiger partial charge in [0.05, 0.1) is 12.0 Å². The van der Waals surface area contributed by atoms with Gasteiger partial charge in [-0.05, 0) is 42.5 Å². The molecular formula is C14H11F4NO4S. The number of rotatable bonds is 5. The van der Waals surface area contributed by atoms with Gasteiger partial charge in [0.1, 0.15) is 5.75 Å². The molecule has 0 unspecified atom stereocenters. The topological polar surface area (TPSA) is 64.6 Å². The normalized spacial score (nSPS) is 11.9. The third-order valence-electron chi connectivity index (χ3n) is 2.77. The molecule has 0 aliphatic heterocycles. The Morgan fingerprint density at radius 1 is 1.04 bits per heavy atom. The quantitative estimate of drug-likeness (QED) is 0.824. The lowest BCUT2D eigenvalue weighted by molar-refractivity contribution is -0.274. The molecule has 130 valence electrons. The highest BCUT2D eigenvalue weighted by Crippen LogP contribution is 2.26. The SMILES string of the molecule is COc1ccc(S(=O)(=O)Nc2ccc(OC(F)(F)F)cc2)cc1F. The zero-order valence-electron chi connectivity index (χ0n) is 12.1. The van der Waals surface area contributed by atoms with Gasteiger partial charge in [-0.15, -0.1) is 13.2 Å². The molecule has 0 saturated heterocycles. The van der Waals surface area contributed by atoms with Crippen LogP contribution in [-0.4, -0.2) is 21.9 Å². The molecule has 0 amide bonds. The smallest absolute Gasteiger partial charge is 0.494 e. The van der Waals surface area contributed by atoms with E-state index in [4.69, 9.17) is 0 Å². The van der Waals surface area contributed by atoms with Crippen molar-refractivity contribution in [1.29, 1.82) is 0 Å². The maximum absolute atomic E-state index is 13.6. The number of methoxy groups -OCH3 is 1. The maximum atomic E-state index is 13.6. The summed E-state index contributed by atoms with van der Waals surface area (Å²) in [5, 5.41) is 0. The van der Waals surface area contributed by atoms with Gasteiger partial charge in [-0.2, -0.15) is 0 Å². The minimum Gasteiger partial charge on any atom is -0.494 e. The molecule has 0 radical (unpaired) electrons. The molecule has 0 heterocycles. The second-order valence-electron chi connectivity index (χ2n) is 4.47. The Morgan fingerprint density at radius 2 is 1.67 bits per heavy atom. The fraction of sp³-hybridized carbons (Fsp3) is 0.143. The largest absolute Gasteiger partial charge is 0.573 e. The Hall–Kier alpha value is -2.49. The molecule has 2 aromatic carbocycles. The van der Waals surface area contributed by atoms with Gasteiger partial charge in [-0.3, -0.25) is 4.72 Å². The number of benzene rings is 2. The van der Waals surface area contributed by atoms with Crippen LogP contribution in [0.15, 0.2) is 47.4 Å². The Kier molecular flexibility index (Phi) is 4.88. The third kappa shape index (κ3) is 4.51. The second kappa shape index (κ2) is 6.56. The highest BCUT2D eigenvalue weighted by atomic mass is 32.2. The summed E-state index contributed by atoms with van der Waals surface area (Å²) in [5.41, 5.74) is -0.0132. The Bertz CT molecular complexity index is 820. The summed E-state index contributed by atoms with van der Waals surface area (Å²) in [7, 11) is -2.89. The summed E-state index contributed by atoms with van der Waals surface area (Å²) < 4.78 is 84.5. The van der Waals surface area contributed by atoms with Gasteiger partial charge >= 0.3 is 6.36 Å². The number of hydrogen-bond acceptors (Lipinski definition) is 4. The van der Waals surface area contributed by atoms with Crippen molar-refractivity contribution in [2.45, 2.75) is 11.3 Å². The van der Waals surface area contributed by atoms with Crippen molar-refractivity contribution in [3.63, 3.8) is 0 Å². The van der Waals surface area contributed by atoms with E-state index in [1.165, 1.54) is 7.11 Å². The molecule has 0 bridgehead atoms. The van der Waals surface area contributed by atoms with E-state index in [9.17, 15) is 26.0 Å². The summed E-state index contributed by atoms with van der Waals surface area (Å²) in [6.07, 6.45) is -4.85. The zero-order chi connectivity index (χ0) is 18.0. The molecule has 0 aliphatic carbocycles. The molecule has 10 heteroatoms. The Morgan fingerprint density at radius 3 is 2.17 bits per heavy atom. The van der Waals surface area contributed by atoms with E-state index < -0.39 is 28.0 Å². The first-order chi connectivity index (χ1) is 11.1. The molecular weight excluding hydrogens is 354 g/mol. The summed E-state index contributed by atoms with van der Waals surface area (Å²) in [4.78, 5) is -0.364. The molecule has 24 heavy (non-hydrogen) atoms. The predicted molar refractivity (Wildman–Crippen MR) is 76.9 cm³/mol. The van der Waals surface area contributed by atoms with Crippen molar-refractivity contribution in [1.82, 2.24) is 0 Å². The van der Waals surface area contributed by atoms with Gasteiger partial charge in [0.2, 0.25) is 0 Å². The summed E-state index contributed by atoms with van der Waals surface area (Å²) in [6, 6.07) is 7.09. The number of alkyl halides is 3. The summed E-state index contributed by atoms with van der Waals surface area (Å²) in [6.45, 7) is 0. The van der Waals surface area contributed by atoms with Crippen molar-refractivity contribution in [3.05, 3.63) is 48.3 Å². The van der Waals surface area contributed by atoms with Gasteiger partial charge in [0.25, 0.3) is 10.0 Å². The van der Waals surface area contributed by atoms with E-state index in [2.05, 4.69) is 14.2 Å². The van der Waals surface area contributed by atoms with Crippen molar-refractivity contribution in [3.8, 4) is 11.5 Å². The summed E-state index contributed by atoms with van der Waals surface area (Å²) in [5.74, 6) is -1.49. The molecule has 1 N–H and O–H groups in total. The van der Waals surface area contributed by atoms with E-state index in [-0.39, 0.29) is 16.3 Å². The number of anilines is 1. The van der Waals surface area contributed by atoms with Crippen LogP contribution in [0.25, 0.3) is 0 Å². The van der Waals surface area contributed by atoms with Crippen LogP contribution in [0.1, 0.15) is 0 Å². The number of hydrogen-bond donors (Lipinski definition) is 1. The van der Waals surface area contributed by atoms with Crippen LogP contribution in [0.5, 0.6) is 11.5 Å². The Labute approximate surface area is 134 Å². The van der Waals surface area contributed by atoms with Gasteiger partial charge in [-0.25, -0.2) is 12.8 Å². The monoisotopic (exact) mass is 365 g/mol. The third-order valence-corrected chi connectivity index (χ3v) is 4.15. The van der Waals surface area contributed by atoms with Crippen LogP contribution in [0.3, 0.4) is 0 Å². The highest BCUT2D eigenvalue weighted by molar-refractivity contribution is 7.92. The van der Waals surface area contributed by atoms with Crippen molar-refractivity contribution >= 4 is 15.7 Å². The summed E-state index contributed by atoms with van der Waals surface area (Å²) >= 11 is 0. The number of halogens is 4. The molecule has 2 rings (SSSR count). The molecule has 5 nitrogen and oxygen atoms in total. The minimum absolute atomic E-state index is 0.0132. The van der Waals surface area contributed by atoms with Crippen LogP contribution in [0, 0.1) is 5.82 Å². The fourth-order valence-corrected chi connectivity index (χ4v) is 2.82. The second-order valence-corrected chi connectivity index (χ2v) is 6.16. The standard InChI is InChI=1S/C14H11F4NO4S/c1-22-13-7-6-11(8-12(13)15)24(20,21)19-9-2-4-10(5-3-9)23-14(16,17)18/h2-8,19H,1H3. The first-order valence-electron chi connectivity index (χ1n) is 6.33. The predicted octanol–water partition coefficient (Wildman–Crippen LogP) is 3.53. The number of nitrogens with one attached hydrogen (secondary N) is 1. The Balaban J connectivity index is 2.18. The lowest BCUT2D eigenvalue weighted by Crippen LogP contribution is -2.17. The molecule has 0 spiro atoms. The zero-order valence-corrected chi connectivity index (χ0v) is 12.9. The molecule has 0 atom stereocenters. The average Bonchev–Trinajstić information content (AvgIpc) is 2.47. The van der Waals surface area contributed by atoms with E-state index in [1.807, 2.05) is 0 Å². The highest BCUT2D eigenvalue weighted by Gasteiger charge is 2.31. The van der Waals surface area contributed by atoms with E-state index in [0.717, 1.165) is 42.5 Å². The van der Waals surface area contributed by atoms with E-state index in [0.29, 0.717) is 0 Å². The first kappa shape index (κ1) is 17.9. The number of ether oxygens (including phenoxy) is 2. The van der Waals surface area contributed by atoms with E-state index in [1.54, 1.807) is 0 Å². The van der Waals surface area contributed by atoms with Gasteiger partial charge in [0, 0.05) is 5.69 Å². The van der Waals surface area contributed by atoms with Crippen LogP contribution >= 0.6 is 0 Å². The van der Waals surface area contributed by atoms with Crippen molar-refractivity contribution < 1.29 is 35.5 Å². The average molecular weight is 365 g/mol. The lowest BCUT2D eigenvalue weighted by Gasteiger charge is -2.11.